The number of ether oxygens (including phenoxy) is 2. The molecule has 3 saturated heterocycles. The molecule has 8 nitrogen and oxygen atoms in total. The monoisotopic (exact) mass is 444 g/mol. The van der Waals surface area contributed by atoms with Gasteiger partial charge in [0, 0.05) is 11.7 Å². The topological polar surface area (TPSA) is 102 Å². The van der Waals surface area contributed by atoms with Gasteiger partial charge < -0.3 is 14.8 Å². The number of fused-ring (bicyclic) bond motifs is 3. The third-order valence-electron chi connectivity index (χ3n) is 5.63. The SMILES string of the molecule is CC(C)=CCOC(=O)[C@]12OC(=O)C[C@H]1CSC1C(NC(=O)Cc3ccccc3)C(=O)N12. The first-order chi connectivity index (χ1) is 14.8. The van der Waals surface area contributed by atoms with Gasteiger partial charge in [0.2, 0.25) is 5.91 Å². The maximum absolute atomic E-state index is 13.0. The van der Waals surface area contributed by atoms with E-state index in [1.807, 2.05) is 44.2 Å². The molecule has 0 spiro atoms. The Kier molecular flexibility index (Phi) is 5.79. The van der Waals surface area contributed by atoms with Gasteiger partial charge in [-0.05, 0) is 25.5 Å². The quantitative estimate of drug-likeness (QED) is 0.402. The van der Waals surface area contributed by atoms with Crippen molar-refractivity contribution in [3.8, 4) is 0 Å². The number of nitrogens with one attached hydrogen (secondary N) is 1. The number of nitrogens with zero attached hydrogens (tertiary/aromatic N) is 1. The molecule has 2 amide bonds. The predicted molar refractivity (Wildman–Crippen MR) is 112 cm³/mol. The molecule has 0 aromatic heterocycles. The molecule has 31 heavy (non-hydrogen) atoms. The van der Waals surface area contributed by atoms with E-state index in [1.54, 1.807) is 6.08 Å². The molecule has 1 aromatic rings. The fourth-order valence-corrected chi connectivity index (χ4v) is 5.65. The van der Waals surface area contributed by atoms with E-state index >= 15 is 0 Å². The number of rotatable bonds is 6. The Morgan fingerprint density at radius 2 is 2.03 bits per heavy atom. The third-order valence-corrected chi connectivity index (χ3v) is 7.05. The molecule has 0 radical (unpaired) electrons. The molecule has 0 bridgehead atoms. The smallest absolute Gasteiger partial charge is 0.373 e. The number of hydrogen-bond donors (Lipinski definition) is 1. The minimum Gasteiger partial charge on any atom is -0.457 e. The van der Waals surface area contributed by atoms with E-state index in [9.17, 15) is 19.2 Å². The third kappa shape index (κ3) is 3.82. The maximum atomic E-state index is 13.0. The highest BCUT2D eigenvalue weighted by atomic mass is 32.2. The van der Waals surface area contributed by atoms with E-state index in [-0.39, 0.29) is 25.4 Å². The summed E-state index contributed by atoms with van der Waals surface area (Å²) in [7, 11) is 0. The Morgan fingerprint density at radius 1 is 1.29 bits per heavy atom. The van der Waals surface area contributed by atoms with Crippen molar-refractivity contribution in [3.05, 3.63) is 47.5 Å². The van der Waals surface area contributed by atoms with Gasteiger partial charge in [-0.3, -0.25) is 19.3 Å². The van der Waals surface area contributed by atoms with Crippen LogP contribution in [0.15, 0.2) is 42.0 Å². The van der Waals surface area contributed by atoms with Crippen LogP contribution in [-0.4, -0.2) is 58.2 Å². The highest BCUT2D eigenvalue weighted by molar-refractivity contribution is 8.00. The Morgan fingerprint density at radius 3 is 2.74 bits per heavy atom. The largest absolute Gasteiger partial charge is 0.457 e. The lowest BCUT2D eigenvalue weighted by Crippen LogP contribution is -2.80. The van der Waals surface area contributed by atoms with E-state index in [1.165, 1.54) is 16.7 Å². The molecule has 2 unspecified atom stereocenters. The second-order valence-corrected chi connectivity index (χ2v) is 9.24. The molecular weight excluding hydrogens is 420 g/mol. The number of benzene rings is 1. The van der Waals surface area contributed by atoms with Crippen molar-refractivity contribution in [2.45, 2.75) is 43.8 Å². The van der Waals surface area contributed by atoms with Gasteiger partial charge in [0.15, 0.2) is 0 Å². The van der Waals surface area contributed by atoms with E-state index in [2.05, 4.69) is 5.32 Å². The number of carbonyl (C=O) groups is 4. The van der Waals surface area contributed by atoms with Crippen LogP contribution in [0.5, 0.6) is 0 Å². The summed E-state index contributed by atoms with van der Waals surface area (Å²) in [6, 6.07) is 8.45. The van der Waals surface area contributed by atoms with Crippen LogP contribution in [0.4, 0.5) is 0 Å². The summed E-state index contributed by atoms with van der Waals surface area (Å²) in [5.41, 5.74) is 0.0628. The molecule has 3 heterocycles. The first-order valence-electron chi connectivity index (χ1n) is 10.1. The van der Waals surface area contributed by atoms with Gasteiger partial charge in [0.1, 0.15) is 18.0 Å². The lowest BCUT2D eigenvalue weighted by Gasteiger charge is -2.56. The van der Waals surface area contributed by atoms with Gasteiger partial charge in [0.25, 0.3) is 11.6 Å². The highest BCUT2D eigenvalue weighted by Crippen LogP contribution is 2.51. The van der Waals surface area contributed by atoms with Crippen molar-refractivity contribution in [1.29, 1.82) is 0 Å². The van der Waals surface area contributed by atoms with Crippen LogP contribution in [0.25, 0.3) is 0 Å². The molecule has 4 atom stereocenters. The highest BCUT2D eigenvalue weighted by Gasteiger charge is 2.71. The Hall–Kier alpha value is -2.81. The molecule has 164 valence electrons. The van der Waals surface area contributed by atoms with E-state index in [4.69, 9.17) is 9.47 Å². The summed E-state index contributed by atoms with van der Waals surface area (Å²) in [5, 5.41) is 2.27. The number of carbonyl (C=O) groups excluding carboxylic acids is 4. The van der Waals surface area contributed by atoms with Crippen LogP contribution in [-0.2, 0) is 35.1 Å². The van der Waals surface area contributed by atoms with Gasteiger partial charge >= 0.3 is 11.9 Å². The summed E-state index contributed by atoms with van der Waals surface area (Å²) in [4.78, 5) is 51.9. The van der Waals surface area contributed by atoms with Gasteiger partial charge in [-0.15, -0.1) is 11.8 Å². The number of hydrogen-bond acceptors (Lipinski definition) is 7. The number of esters is 2. The predicted octanol–water partition coefficient (Wildman–Crippen LogP) is 1.40. The van der Waals surface area contributed by atoms with Crippen molar-refractivity contribution in [1.82, 2.24) is 10.2 Å². The molecule has 3 aliphatic heterocycles. The summed E-state index contributed by atoms with van der Waals surface area (Å²) in [6.45, 7) is 3.78. The number of allylic oxidation sites excluding steroid dienone is 1. The normalized spacial score (nSPS) is 28.6. The molecule has 0 aliphatic carbocycles. The van der Waals surface area contributed by atoms with Crippen molar-refractivity contribution in [2.24, 2.45) is 5.92 Å². The Labute approximate surface area is 184 Å². The molecule has 1 aromatic carbocycles. The van der Waals surface area contributed by atoms with Crippen LogP contribution in [0.1, 0.15) is 25.8 Å². The van der Waals surface area contributed by atoms with Crippen LogP contribution >= 0.6 is 11.8 Å². The van der Waals surface area contributed by atoms with Crippen LogP contribution in [0.3, 0.4) is 0 Å². The maximum Gasteiger partial charge on any atom is 0.373 e. The van der Waals surface area contributed by atoms with E-state index in [0.717, 1.165) is 11.1 Å². The molecule has 4 rings (SSSR count). The first kappa shape index (κ1) is 21.4. The second-order valence-electron chi connectivity index (χ2n) is 8.09. The molecule has 3 aliphatic rings. The standard InChI is InChI=1S/C22H24N2O6S/c1-13(2)8-9-29-21(28)22-15(11-17(26)30-22)12-31-20-18(19(27)24(20)22)23-16(25)10-14-6-4-3-5-7-14/h3-8,15,18,20H,9-12H2,1-2H3,(H,23,25)/t15-,18?,20?,22+/m0/s1. The van der Waals surface area contributed by atoms with Gasteiger partial charge in [-0.1, -0.05) is 35.9 Å². The molecule has 9 heteroatoms. The molecule has 3 fully saturated rings. The summed E-state index contributed by atoms with van der Waals surface area (Å²) in [6.07, 6.45) is 1.93. The second kappa shape index (κ2) is 8.37. The van der Waals surface area contributed by atoms with E-state index < -0.39 is 40.9 Å². The zero-order valence-corrected chi connectivity index (χ0v) is 18.1. The van der Waals surface area contributed by atoms with Crippen molar-refractivity contribution in [2.75, 3.05) is 12.4 Å². The zero-order chi connectivity index (χ0) is 22.2. The lowest BCUT2D eigenvalue weighted by atomic mass is 9.89. The Balaban J connectivity index is 1.49. The van der Waals surface area contributed by atoms with Crippen molar-refractivity contribution < 1.29 is 28.7 Å². The van der Waals surface area contributed by atoms with Crippen LogP contribution < -0.4 is 5.32 Å². The van der Waals surface area contributed by atoms with Crippen molar-refractivity contribution in [3.63, 3.8) is 0 Å². The average molecular weight is 445 g/mol. The fourth-order valence-electron chi connectivity index (χ4n) is 4.09. The Bertz CT molecular complexity index is 945. The first-order valence-corrected chi connectivity index (χ1v) is 11.2. The lowest BCUT2D eigenvalue weighted by molar-refractivity contribution is -0.218. The van der Waals surface area contributed by atoms with Gasteiger partial charge in [-0.2, -0.15) is 0 Å². The number of thioether (sulfide) groups is 1. The van der Waals surface area contributed by atoms with Crippen LogP contribution in [0.2, 0.25) is 0 Å². The van der Waals surface area contributed by atoms with E-state index in [0.29, 0.717) is 5.75 Å². The molecule has 0 saturated carbocycles. The minimum atomic E-state index is -1.75. The van der Waals surface area contributed by atoms with Gasteiger partial charge in [0.05, 0.1) is 12.8 Å². The summed E-state index contributed by atoms with van der Waals surface area (Å²) in [5.74, 6) is -2.04. The van der Waals surface area contributed by atoms with Gasteiger partial charge in [-0.25, -0.2) is 4.79 Å². The summed E-state index contributed by atoms with van der Waals surface area (Å²) < 4.78 is 10.8. The zero-order valence-electron chi connectivity index (χ0n) is 17.3. The minimum absolute atomic E-state index is 0.0320. The average Bonchev–Trinajstić information content (AvgIpc) is 3.07. The number of amides is 2. The molecular formula is C22H24N2O6S. The fraction of sp³-hybridized carbons (Fsp3) is 0.455. The van der Waals surface area contributed by atoms with Crippen molar-refractivity contribution >= 4 is 35.5 Å². The summed E-state index contributed by atoms with van der Waals surface area (Å²) >= 11 is 1.43. The van der Waals surface area contributed by atoms with Crippen LogP contribution in [0, 0.1) is 5.92 Å². The number of β-lactam (4-membered cyclic amide) rings is 1. The molecule has 1 N–H and O–H groups in total.